The van der Waals surface area contributed by atoms with Crippen LogP contribution in [0.4, 0.5) is 0 Å². The summed E-state index contributed by atoms with van der Waals surface area (Å²) in [5.74, 6) is 0.844. The Morgan fingerprint density at radius 2 is 2.18 bits per heavy atom. The van der Waals surface area contributed by atoms with Crippen molar-refractivity contribution >= 4 is 5.91 Å². The third kappa shape index (κ3) is 3.68. The Kier molecular flexibility index (Phi) is 4.40. The van der Waals surface area contributed by atoms with Gasteiger partial charge in [0.1, 0.15) is 0 Å². The Bertz CT molecular complexity index is 265. The molecule has 1 amide bonds. The van der Waals surface area contributed by atoms with Crippen molar-refractivity contribution in [3.8, 4) is 0 Å². The molecule has 0 aromatic heterocycles. The van der Waals surface area contributed by atoms with Gasteiger partial charge in [0.15, 0.2) is 0 Å². The van der Waals surface area contributed by atoms with Crippen molar-refractivity contribution in [2.45, 2.75) is 45.2 Å². The first-order chi connectivity index (χ1) is 8.20. The normalized spacial score (nSPS) is 27.1. The van der Waals surface area contributed by atoms with Crippen LogP contribution < -0.4 is 10.6 Å². The van der Waals surface area contributed by atoms with E-state index in [9.17, 15) is 4.79 Å². The Labute approximate surface area is 104 Å². The van der Waals surface area contributed by atoms with Crippen LogP contribution in [0.1, 0.15) is 33.1 Å². The number of hydrogen-bond donors (Lipinski definition) is 2. The minimum atomic E-state index is -0.0649. The fourth-order valence-corrected chi connectivity index (χ4v) is 2.56. The number of rotatable bonds is 6. The molecular formula is C13H25N3O. The molecule has 2 rings (SSSR count). The van der Waals surface area contributed by atoms with Crippen molar-refractivity contribution in [2.75, 3.05) is 26.2 Å². The van der Waals surface area contributed by atoms with Gasteiger partial charge in [-0.05, 0) is 52.1 Å². The summed E-state index contributed by atoms with van der Waals surface area (Å²) in [6, 6.07) is 0.825. The second-order valence-electron chi connectivity index (χ2n) is 5.41. The van der Waals surface area contributed by atoms with Crippen LogP contribution in [-0.4, -0.2) is 49.1 Å². The number of nitrogens with zero attached hydrogens (tertiary/aromatic N) is 1. The van der Waals surface area contributed by atoms with Crippen LogP contribution in [-0.2, 0) is 4.79 Å². The number of nitrogens with one attached hydrogen (secondary N) is 2. The highest BCUT2D eigenvalue weighted by Gasteiger charge is 2.34. The van der Waals surface area contributed by atoms with Crippen molar-refractivity contribution in [3.05, 3.63) is 0 Å². The van der Waals surface area contributed by atoms with E-state index in [4.69, 9.17) is 0 Å². The zero-order valence-electron chi connectivity index (χ0n) is 11.0. The topological polar surface area (TPSA) is 44.4 Å². The molecule has 2 fully saturated rings. The van der Waals surface area contributed by atoms with Crippen molar-refractivity contribution in [2.24, 2.45) is 5.92 Å². The van der Waals surface area contributed by atoms with E-state index in [1.165, 1.54) is 32.4 Å². The molecule has 4 nitrogen and oxygen atoms in total. The fourth-order valence-electron chi connectivity index (χ4n) is 2.56. The van der Waals surface area contributed by atoms with Gasteiger partial charge in [-0.2, -0.15) is 0 Å². The summed E-state index contributed by atoms with van der Waals surface area (Å²) in [4.78, 5) is 14.2. The predicted octanol–water partition coefficient (Wildman–Crippen LogP) is 0.585. The number of carbonyl (C=O) groups is 1. The first-order valence-corrected chi connectivity index (χ1v) is 6.95. The third-order valence-corrected chi connectivity index (χ3v) is 3.84. The smallest absolute Gasteiger partial charge is 0.236 e. The molecule has 4 heteroatoms. The molecule has 2 atom stereocenters. The SMILES string of the molecule is CCNC(=O)C(C)NCC1CCN(C2CC2)C1. The van der Waals surface area contributed by atoms with Gasteiger partial charge in [0.25, 0.3) is 0 Å². The van der Waals surface area contributed by atoms with E-state index in [0.717, 1.165) is 18.5 Å². The summed E-state index contributed by atoms with van der Waals surface area (Å²) >= 11 is 0. The second-order valence-corrected chi connectivity index (χ2v) is 5.41. The van der Waals surface area contributed by atoms with E-state index in [0.29, 0.717) is 6.54 Å². The number of likely N-dealkylation sites (N-methyl/N-ethyl adjacent to an activating group) is 1. The minimum absolute atomic E-state index is 0.0649. The molecule has 17 heavy (non-hydrogen) atoms. The van der Waals surface area contributed by atoms with Crippen molar-refractivity contribution in [1.29, 1.82) is 0 Å². The zero-order chi connectivity index (χ0) is 12.3. The van der Waals surface area contributed by atoms with Crippen LogP contribution in [0.3, 0.4) is 0 Å². The van der Waals surface area contributed by atoms with Gasteiger partial charge in [0.2, 0.25) is 5.91 Å². The highest BCUT2D eigenvalue weighted by molar-refractivity contribution is 5.81. The van der Waals surface area contributed by atoms with Gasteiger partial charge < -0.3 is 15.5 Å². The average Bonchev–Trinajstić information content (AvgIpc) is 3.06. The first kappa shape index (κ1) is 12.8. The van der Waals surface area contributed by atoms with E-state index >= 15 is 0 Å². The van der Waals surface area contributed by atoms with Crippen LogP contribution >= 0.6 is 0 Å². The molecule has 1 heterocycles. The molecule has 0 spiro atoms. The molecule has 98 valence electrons. The van der Waals surface area contributed by atoms with Crippen molar-refractivity contribution in [1.82, 2.24) is 15.5 Å². The highest BCUT2D eigenvalue weighted by Crippen LogP contribution is 2.31. The maximum atomic E-state index is 11.5. The van der Waals surface area contributed by atoms with Crippen LogP contribution in [0.25, 0.3) is 0 Å². The van der Waals surface area contributed by atoms with Crippen molar-refractivity contribution in [3.63, 3.8) is 0 Å². The lowest BCUT2D eigenvalue weighted by molar-refractivity contribution is -0.122. The van der Waals surface area contributed by atoms with Crippen LogP contribution in [0, 0.1) is 5.92 Å². The molecule has 1 aliphatic heterocycles. The summed E-state index contributed by atoms with van der Waals surface area (Å²) in [6.45, 7) is 8.06. The molecule has 1 aliphatic carbocycles. The molecule has 0 radical (unpaired) electrons. The van der Waals surface area contributed by atoms with Gasteiger partial charge >= 0.3 is 0 Å². The summed E-state index contributed by atoms with van der Waals surface area (Å²) < 4.78 is 0. The number of amides is 1. The van der Waals surface area contributed by atoms with E-state index in [1.807, 2.05) is 13.8 Å². The van der Waals surface area contributed by atoms with Crippen LogP contribution in [0.15, 0.2) is 0 Å². The molecule has 0 aromatic carbocycles. The highest BCUT2D eigenvalue weighted by atomic mass is 16.2. The molecular weight excluding hydrogens is 214 g/mol. The standard InChI is InChI=1S/C13H25N3O/c1-3-14-13(17)10(2)15-8-11-6-7-16(9-11)12-4-5-12/h10-12,15H,3-9H2,1-2H3,(H,14,17). The molecule has 1 saturated carbocycles. The number of hydrogen-bond acceptors (Lipinski definition) is 3. The molecule has 2 aliphatic rings. The average molecular weight is 239 g/mol. The maximum Gasteiger partial charge on any atom is 0.236 e. The van der Waals surface area contributed by atoms with Crippen molar-refractivity contribution < 1.29 is 4.79 Å². The quantitative estimate of drug-likeness (QED) is 0.713. The lowest BCUT2D eigenvalue weighted by Gasteiger charge is -2.18. The largest absolute Gasteiger partial charge is 0.355 e. The van der Waals surface area contributed by atoms with Gasteiger partial charge in [0, 0.05) is 19.1 Å². The zero-order valence-corrected chi connectivity index (χ0v) is 11.0. The summed E-state index contributed by atoms with van der Waals surface area (Å²) in [6.07, 6.45) is 4.08. The molecule has 2 N–H and O–H groups in total. The lowest BCUT2D eigenvalue weighted by Crippen LogP contribution is -2.44. The van der Waals surface area contributed by atoms with Crippen LogP contribution in [0.2, 0.25) is 0 Å². The van der Waals surface area contributed by atoms with E-state index in [-0.39, 0.29) is 11.9 Å². The van der Waals surface area contributed by atoms with E-state index in [1.54, 1.807) is 0 Å². The van der Waals surface area contributed by atoms with Gasteiger partial charge in [-0.15, -0.1) is 0 Å². The lowest BCUT2D eigenvalue weighted by atomic mass is 10.1. The summed E-state index contributed by atoms with van der Waals surface area (Å²) in [7, 11) is 0. The number of likely N-dealkylation sites (tertiary alicyclic amines) is 1. The molecule has 1 saturated heterocycles. The third-order valence-electron chi connectivity index (χ3n) is 3.84. The molecule has 0 aromatic rings. The van der Waals surface area contributed by atoms with Gasteiger partial charge in [-0.25, -0.2) is 0 Å². The first-order valence-electron chi connectivity index (χ1n) is 6.95. The van der Waals surface area contributed by atoms with Crippen LogP contribution in [0.5, 0.6) is 0 Å². The van der Waals surface area contributed by atoms with Gasteiger partial charge in [-0.1, -0.05) is 0 Å². The van der Waals surface area contributed by atoms with Gasteiger partial charge in [0.05, 0.1) is 6.04 Å². The van der Waals surface area contributed by atoms with E-state index < -0.39 is 0 Å². The predicted molar refractivity (Wildman–Crippen MR) is 68.9 cm³/mol. The Hall–Kier alpha value is -0.610. The molecule has 2 unspecified atom stereocenters. The summed E-state index contributed by atoms with van der Waals surface area (Å²) in [5, 5.41) is 6.20. The summed E-state index contributed by atoms with van der Waals surface area (Å²) in [5.41, 5.74) is 0. The molecule has 0 bridgehead atoms. The Morgan fingerprint density at radius 1 is 1.41 bits per heavy atom. The number of carbonyl (C=O) groups excluding carboxylic acids is 1. The van der Waals surface area contributed by atoms with Gasteiger partial charge in [-0.3, -0.25) is 4.79 Å². The Morgan fingerprint density at radius 3 is 2.82 bits per heavy atom. The van der Waals surface area contributed by atoms with E-state index in [2.05, 4.69) is 15.5 Å². The monoisotopic (exact) mass is 239 g/mol. The fraction of sp³-hybridized carbons (Fsp3) is 0.923. The second kappa shape index (κ2) is 5.83. The maximum absolute atomic E-state index is 11.5. The minimum Gasteiger partial charge on any atom is -0.355 e. The Balaban J connectivity index is 1.63.